The molecule has 3 aromatic rings. The van der Waals surface area contributed by atoms with Crippen molar-refractivity contribution in [3.63, 3.8) is 0 Å². The summed E-state index contributed by atoms with van der Waals surface area (Å²) in [6.07, 6.45) is 0. The predicted octanol–water partition coefficient (Wildman–Crippen LogP) is 2.49. The van der Waals surface area contributed by atoms with Crippen LogP contribution in [0.5, 0.6) is 0 Å². The Balaban J connectivity index is 1.35. The fourth-order valence-corrected chi connectivity index (χ4v) is 5.52. The molecule has 0 saturated heterocycles. The molecule has 6 heterocycles. The molecule has 0 radical (unpaired) electrons. The van der Waals surface area contributed by atoms with Gasteiger partial charge in [0.25, 0.3) is 0 Å². The number of aromatic nitrogens is 4. The van der Waals surface area contributed by atoms with Gasteiger partial charge in [0, 0.05) is 34.4 Å². The highest BCUT2D eigenvalue weighted by atomic mass is 16.5. The lowest BCUT2D eigenvalue weighted by molar-refractivity contribution is -0.137. The fraction of sp³-hybridized carbons (Fsp3) is 0.250. The minimum atomic E-state index is -0.316. The van der Waals surface area contributed by atoms with E-state index >= 15 is 0 Å². The number of carbonyl (C=O) groups is 2. The highest BCUT2D eigenvalue weighted by Gasteiger charge is 2.42. The third-order valence-electron chi connectivity index (χ3n) is 7.07. The predicted molar refractivity (Wildman–Crippen MR) is 120 cm³/mol. The zero-order valence-corrected chi connectivity index (χ0v) is 18.4. The highest BCUT2D eigenvalue weighted by Crippen LogP contribution is 2.47. The summed E-state index contributed by atoms with van der Waals surface area (Å²) < 4.78 is 10.7. The van der Waals surface area contributed by atoms with Gasteiger partial charge in [0.2, 0.25) is 0 Å². The van der Waals surface area contributed by atoms with Crippen molar-refractivity contribution in [1.29, 1.82) is 0 Å². The van der Waals surface area contributed by atoms with Crippen LogP contribution in [0, 0.1) is 13.8 Å². The Kier molecular flexibility index (Phi) is 3.72. The van der Waals surface area contributed by atoms with Crippen LogP contribution in [0.2, 0.25) is 0 Å². The minimum absolute atomic E-state index is 0.213. The summed E-state index contributed by atoms with van der Waals surface area (Å²) in [5, 5.41) is 21.3. The number of aromatic amines is 2. The lowest BCUT2D eigenvalue weighted by Crippen LogP contribution is -2.21. The topological polar surface area (TPSA) is 134 Å². The Bertz CT molecular complexity index is 1360. The maximum Gasteiger partial charge on any atom is 0.337 e. The van der Waals surface area contributed by atoms with Gasteiger partial charge in [-0.25, -0.2) is 9.59 Å². The summed E-state index contributed by atoms with van der Waals surface area (Å²) in [5.41, 5.74) is 8.28. The maximum atomic E-state index is 12.6. The van der Waals surface area contributed by atoms with E-state index < -0.39 is 0 Å². The lowest BCUT2D eigenvalue weighted by atomic mass is 9.79. The van der Waals surface area contributed by atoms with Crippen LogP contribution < -0.4 is 10.6 Å². The molecule has 0 bridgehead atoms. The fourth-order valence-electron chi connectivity index (χ4n) is 5.52. The van der Waals surface area contributed by atoms with Crippen LogP contribution in [0.3, 0.4) is 0 Å². The highest BCUT2D eigenvalue weighted by molar-refractivity contribution is 5.98. The van der Waals surface area contributed by atoms with Gasteiger partial charge < -0.3 is 20.1 Å². The van der Waals surface area contributed by atoms with Crippen molar-refractivity contribution < 1.29 is 19.1 Å². The minimum Gasteiger partial charge on any atom is -0.456 e. The van der Waals surface area contributed by atoms with Gasteiger partial charge in [-0.1, -0.05) is 24.3 Å². The van der Waals surface area contributed by atoms with Crippen LogP contribution in [0.4, 0.5) is 11.6 Å². The number of hydrogen-bond donors (Lipinski definition) is 4. The second-order valence-electron chi connectivity index (χ2n) is 8.94. The third kappa shape index (κ3) is 2.45. The van der Waals surface area contributed by atoms with Gasteiger partial charge in [0.1, 0.15) is 13.2 Å². The molecule has 170 valence electrons. The number of rotatable bonds is 2. The maximum absolute atomic E-state index is 12.6. The van der Waals surface area contributed by atoms with Crippen molar-refractivity contribution in [1.82, 2.24) is 20.4 Å². The van der Waals surface area contributed by atoms with E-state index in [4.69, 9.17) is 9.47 Å². The van der Waals surface area contributed by atoms with Gasteiger partial charge in [0.15, 0.2) is 11.6 Å². The number of anilines is 2. The molecule has 4 aliphatic heterocycles. The number of cyclic esters (lactones) is 2. The molecule has 7 rings (SSSR count). The summed E-state index contributed by atoms with van der Waals surface area (Å²) >= 11 is 0. The molecular weight excluding hydrogens is 436 g/mol. The van der Waals surface area contributed by atoms with E-state index in [0.29, 0.717) is 22.8 Å². The molecule has 0 spiro atoms. The second kappa shape index (κ2) is 6.60. The van der Waals surface area contributed by atoms with Crippen LogP contribution in [0.15, 0.2) is 46.8 Å². The first-order valence-corrected chi connectivity index (χ1v) is 11.0. The van der Waals surface area contributed by atoms with Crippen molar-refractivity contribution in [2.45, 2.75) is 25.7 Å². The molecule has 4 N–H and O–H groups in total. The molecule has 0 unspecified atom stereocenters. The summed E-state index contributed by atoms with van der Waals surface area (Å²) in [5.74, 6) is 0.207. The van der Waals surface area contributed by atoms with E-state index in [2.05, 4.69) is 31.0 Å². The van der Waals surface area contributed by atoms with Crippen molar-refractivity contribution >= 4 is 23.6 Å². The molecule has 0 saturated carbocycles. The standard InChI is InChI=1S/C24H20N6O4/c1-9-15-17(19-13(7-33-23(19)31)25-21(15)29-27-9)11-3-5-12(6-4-11)18-16-10(2)28-30-22(16)26-14-8-34-24(32)20(14)18/h3-6,17-18H,7-8H2,1-2H3,(H2,25,27,29)(H2,26,28,30)/t17-,18-/m1/s1. The number of esters is 2. The molecular formula is C24H20N6O4. The number of aryl methyl sites for hydroxylation is 2. The summed E-state index contributed by atoms with van der Waals surface area (Å²) in [6.45, 7) is 4.31. The van der Waals surface area contributed by atoms with Gasteiger partial charge in [-0.15, -0.1) is 0 Å². The van der Waals surface area contributed by atoms with Gasteiger partial charge >= 0.3 is 11.9 Å². The van der Waals surface area contributed by atoms with Crippen molar-refractivity contribution in [2.75, 3.05) is 23.8 Å². The molecule has 1 aromatic carbocycles. The number of ether oxygens (including phenoxy) is 2. The number of hydrogen-bond acceptors (Lipinski definition) is 8. The van der Waals surface area contributed by atoms with Crippen molar-refractivity contribution in [3.05, 3.63) is 80.4 Å². The lowest BCUT2D eigenvalue weighted by Gasteiger charge is -2.26. The number of carbonyl (C=O) groups excluding carboxylic acids is 2. The molecule has 2 aromatic heterocycles. The first kappa shape index (κ1) is 19.2. The number of nitrogens with one attached hydrogen (secondary N) is 4. The van der Waals surface area contributed by atoms with Gasteiger partial charge in [-0.2, -0.15) is 10.2 Å². The van der Waals surface area contributed by atoms with Crippen LogP contribution >= 0.6 is 0 Å². The molecule has 10 nitrogen and oxygen atoms in total. The summed E-state index contributed by atoms with van der Waals surface area (Å²) in [4.78, 5) is 25.3. The van der Waals surface area contributed by atoms with E-state index in [0.717, 1.165) is 45.0 Å². The average molecular weight is 456 g/mol. The van der Waals surface area contributed by atoms with E-state index in [1.807, 2.05) is 38.1 Å². The number of benzene rings is 1. The van der Waals surface area contributed by atoms with Gasteiger partial charge in [-0.05, 0) is 25.0 Å². The Morgan fingerprint density at radius 3 is 1.56 bits per heavy atom. The SMILES string of the molecule is Cc1[nH]nc2c1[C@@H](c1ccc([C@H]3C4=C(COC4=O)Nc4n[nH]c(C)c43)cc1)C1=C(COC1=O)N2. The van der Waals surface area contributed by atoms with E-state index in [1.165, 1.54) is 0 Å². The normalized spacial score (nSPS) is 22.4. The monoisotopic (exact) mass is 456 g/mol. The molecule has 10 heteroatoms. The molecule has 4 aliphatic rings. The van der Waals surface area contributed by atoms with Crippen molar-refractivity contribution in [2.24, 2.45) is 0 Å². The summed E-state index contributed by atoms with van der Waals surface area (Å²) in [6, 6.07) is 8.04. The van der Waals surface area contributed by atoms with Crippen molar-refractivity contribution in [3.8, 4) is 0 Å². The zero-order valence-electron chi connectivity index (χ0n) is 18.4. The molecule has 34 heavy (non-hydrogen) atoms. The average Bonchev–Trinajstić information content (AvgIpc) is 3.60. The zero-order chi connectivity index (χ0) is 23.1. The van der Waals surface area contributed by atoms with Gasteiger partial charge in [0.05, 0.1) is 22.5 Å². The quantitative estimate of drug-likeness (QED) is 0.432. The molecule has 0 amide bonds. The number of nitrogens with zero attached hydrogens (tertiary/aromatic N) is 2. The van der Waals surface area contributed by atoms with Crippen LogP contribution in [0.25, 0.3) is 0 Å². The molecule has 2 atom stereocenters. The smallest absolute Gasteiger partial charge is 0.337 e. The Morgan fingerprint density at radius 2 is 1.15 bits per heavy atom. The van der Waals surface area contributed by atoms with Gasteiger partial charge in [-0.3, -0.25) is 10.2 Å². The molecule has 0 fully saturated rings. The summed E-state index contributed by atoms with van der Waals surface area (Å²) in [7, 11) is 0. The Morgan fingerprint density at radius 1 is 0.735 bits per heavy atom. The Labute approximate surface area is 193 Å². The van der Waals surface area contributed by atoms with E-state index in [1.54, 1.807) is 0 Å². The number of H-pyrrole nitrogens is 2. The first-order valence-electron chi connectivity index (χ1n) is 11.0. The van der Waals surface area contributed by atoms with Crippen LogP contribution in [-0.2, 0) is 19.1 Å². The first-order chi connectivity index (χ1) is 16.5. The third-order valence-corrected chi connectivity index (χ3v) is 7.07. The van der Waals surface area contributed by atoms with E-state index in [-0.39, 0.29) is 37.0 Å². The number of fused-ring (bicyclic) bond motifs is 2. The van der Waals surface area contributed by atoms with Crippen LogP contribution in [-0.4, -0.2) is 45.5 Å². The molecule has 0 aliphatic carbocycles. The Hall–Kier alpha value is -4.34. The largest absolute Gasteiger partial charge is 0.456 e. The van der Waals surface area contributed by atoms with Crippen LogP contribution in [0.1, 0.15) is 45.5 Å². The van der Waals surface area contributed by atoms with E-state index in [9.17, 15) is 9.59 Å². The second-order valence-corrected chi connectivity index (χ2v) is 8.94.